The minimum atomic E-state index is -0.0199. The lowest BCUT2D eigenvalue weighted by Gasteiger charge is -2.34. The summed E-state index contributed by atoms with van der Waals surface area (Å²) in [5.41, 5.74) is 4.68. The first-order valence-electron chi connectivity index (χ1n) is 8.95. The minimum Gasteiger partial charge on any atom is -0.478 e. The monoisotopic (exact) mass is 349 g/mol. The molecule has 0 aromatic heterocycles. The van der Waals surface area contributed by atoms with Gasteiger partial charge in [-0.05, 0) is 50.5 Å². The van der Waals surface area contributed by atoms with Crippen LogP contribution >= 0.6 is 0 Å². The Bertz CT molecular complexity index is 911. The predicted octanol–water partition coefficient (Wildman–Crippen LogP) is 4.78. The van der Waals surface area contributed by atoms with Crippen LogP contribution in [0.5, 0.6) is 11.5 Å². The average Bonchev–Trinajstić information content (AvgIpc) is 3.00. The molecule has 0 fully saturated rings. The van der Waals surface area contributed by atoms with Crippen molar-refractivity contribution in [3.05, 3.63) is 70.0 Å². The Morgan fingerprint density at radius 1 is 1.19 bits per heavy atom. The molecule has 1 unspecified atom stereocenters. The smallest absolute Gasteiger partial charge is 0.232 e. The number of carbonyl (C=O) groups is 1. The zero-order valence-electron chi connectivity index (χ0n) is 15.6. The Morgan fingerprint density at radius 2 is 1.92 bits per heavy atom. The molecule has 0 amide bonds. The molecule has 0 N–H and O–H groups in total. The maximum Gasteiger partial charge on any atom is 0.232 e. The van der Waals surface area contributed by atoms with E-state index in [1.807, 2.05) is 32.9 Å². The maximum absolute atomic E-state index is 12.7. The van der Waals surface area contributed by atoms with Gasteiger partial charge in [0.05, 0.1) is 11.1 Å². The van der Waals surface area contributed by atoms with E-state index in [1.165, 1.54) is 5.56 Å². The SMILES string of the molecule is CC(C)=C1Oc2c3c(cc(C)c2C1=O)OCN(C(C)c1ccccc1)C3. The van der Waals surface area contributed by atoms with E-state index in [0.717, 1.165) is 22.4 Å². The third-order valence-electron chi connectivity index (χ3n) is 5.21. The first kappa shape index (κ1) is 16.9. The van der Waals surface area contributed by atoms with Crippen LogP contribution in [0.25, 0.3) is 0 Å². The van der Waals surface area contributed by atoms with Gasteiger partial charge < -0.3 is 9.47 Å². The molecule has 2 aliphatic heterocycles. The molecule has 0 saturated heterocycles. The highest BCUT2D eigenvalue weighted by Crippen LogP contribution is 2.45. The fourth-order valence-corrected chi connectivity index (χ4v) is 3.65. The lowest BCUT2D eigenvalue weighted by molar-refractivity contribution is 0.0605. The van der Waals surface area contributed by atoms with Crippen molar-refractivity contribution in [1.82, 2.24) is 4.90 Å². The molecule has 4 rings (SSSR count). The summed E-state index contributed by atoms with van der Waals surface area (Å²) in [5.74, 6) is 1.92. The van der Waals surface area contributed by atoms with Gasteiger partial charge in [-0.1, -0.05) is 30.3 Å². The van der Waals surface area contributed by atoms with Gasteiger partial charge in [-0.15, -0.1) is 0 Å². The molecule has 26 heavy (non-hydrogen) atoms. The molecule has 2 aromatic carbocycles. The van der Waals surface area contributed by atoms with Gasteiger partial charge in [-0.25, -0.2) is 0 Å². The minimum absolute atomic E-state index is 0.0199. The van der Waals surface area contributed by atoms with Crippen LogP contribution in [-0.4, -0.2) is 17.4 Å². The average molecular weight is 349 g/mol. The Balaban J connectivity index is 1.73. The number of Topliss-reactive ketones (excluding diaryl/α,β-unsaturated/α-hetero) is 1. The summed E-state index contributed by atoms with van der Waals surface area (Å²) >= 11 is 0. The van der Waals surface area contributed by atoms with Crippen LogP contribution in [-0.2, 0) is 6.54 Å². The molecule has 0 saturated carbocycles. The van der Waals surface area contributed by atoms with Crippen molar-refractivity contribution in [2.24, 2.45) is 0 Å². The van der Waals surface area contributed by atoms with Crippen molar-refractivity contribution in [1.29, 1.82) is 0 Å². The molecule has 2 heterocycles. The Labute approximate surface area is 154 Å². The van der Waals surface area contributed by atoms with Gasteiger partial charge in [0.15, 0.2) is 5.76 Å². The van der Waals surface area contributed by atoms with Gasteiger partial charge >= 0.3 is 0 Å². The third-order valence-corrected chi connectivity index (χ3v) is 5.21. The summed E-state index contributed by atoms with van der Waals surface area (Å²) in [6.45, 7) is 9.13. The maximum atomic E-state index is 12.7. The van der Waals surface area contributed by atoms with Crippen LogP contribution in [0.4, 0.5) is 0 Å². The highest BCUT2D eigenvalue weighted by molar-refractivity contribution is 6.14. The molecular formula is C22H23NO3. The second-order valence-electron chi connectivity index (χ2n) is 7.24. The fourth-order valence-electron chi connectivity index (χ4n) is 3.65. The number of benzene rings is 2. The number of ketones is 1. The highest BCUT2D eigenvalue weighted by Gasteiger charge is 2.36. The van der Waals surface area contributed by atoms with Crippen molar-refractivity contribution in [3.8, 4) is 11.5 Å². The summed E-state index contributed by atoms with van der Waals surface area (Å²) in [4.78, 5) is 15.0. The van der Waals surface area contributed by atoms with Gasteiger partial charge in [0.1, 0.15) is 18.2 Å². The number of allylic oxidation sites excluding steroid dienone is 2. The van der Waals surface area contributed by atoms with Crippen molar-refractivity contribution in [2.45, 2.75) is 40.3 Å². The largest absolute Gasteiger partial charge is 0.478 e. The van der Waals surface area contributed by atoms with Crippen LogP contribution in [0.15, 0.2) is 47.7 Å². The number of ether oxygens (including phenoxy) is 2. The van der Waals surface area contributed by atoms with Crippen LogP contribution in [0.2, 0.25) is 0 Å². The number of carbonyl (C=O) groups excluding carboxylic acids is 1. The van der Waals surface area contributed by atoms with Crippen LogP contribution in [0, 0.1) is 6.92 Å². The first-order chi connectivity index (χ1) is 12.5. The third kappa shape index (κ3) is 2.61. The number of hydrogen-bond acceptors (Lipinski definition) is 4. The summed E-state index contributed by atoms with van der Waals surface area (Å²) in [6, 6.07) is 12.6. The molecule has 0 radical (unpaired) electrons. The number of aryl methyl sites for hydroxylation is 1. The summed E-state index contributed by atoms with van der Waals surface area (Å²) in [7, 11) is 0. The normalized spacial score (nSPS) is 17.2. The molecule has 0 spiro atoms. The predicted molar refractivity (Wildman–Crippen MR) is 100 cm³/mol. The van der Waals surface area contributed by atoms with Crippen LogP contribution in [0.1, 0.15) is 53.9 Å². The molecule has 2 aliphatic rings. The number of rotatable bonds is 2. The lowest BCUT2D eigenvalue weighted by atomic mass is 9.97. The van der Waals surface area contributed by atoms with E-state index in [1.54, 1.807) is 0 Å². The van der Waals surface area contributed by atoms with Crippen molar-refractivity contribution in [3.63, 3.8) is 0 Å². The zero-order chi connectivity index (χ0) is 18.4. The molecular weight excluding hydrogens is 326 g/mol. The van der Waals surface area contributed by atoms with Gasteiger partial charge in [0, 0.05) is 12.6 Å². The van der Waals surface area contributed by atoms with Gasteiger partial charge in [0.2, 0.25) is 5.78 Å². The molecule has 2 aromatic rings. The van der Waals surface area contributed by atoms with Crippen LogP contribution in [0.3, 0.4) is 0 Å². The lowest BCUT2D eigenvalue weighted by Crippen LogP contribution is -2.34. The highest BCUT2D eigenvalue weighted by atomic mass is 16.5. The Hall–Kier alpha value is -2.59. The first-order valence-corrected chi connectivity index (χ1v) is 8.95. The quantitative estimate of drug-likeness (QED) is 0.732. The van der Waals surface area contributed by atoms with E-state index in [4.69, 9.17) is 9.47 Å². The molecule has 1 atom stereocenters. The zero-order valence-corrected chi connectivity index (χ0v) is 15.6. The Kier molecular flexibility index (Phi) is 4.08. The second kappa shape index (κ2) is 6.29. The fraction of sp³-hybridized carbons (Fsp3) is 0.318. The standard InChI is InChI=1S/C22H23NO3/c1-13(2)21-20(24)19-14(3)10-18-17(22(19)26-21)11-23(12-25-18)15(4)16-8-6-5-7-9-16/h5-10,15H,11-12H2,1-4H3. The van der Waals surface area contributed by atoms with E-state index >= 15 is 0 Å². The summed E-state index contributed by atoms with van der Waals surface area (Å²) < 4.78 is 12.1. The number of nitrogens with zero attached hydrogens (tertiary/aromatic N) is 1. The molecule has 4 nitrogen and oxygen atoms in total. The van der Waals surface area contributed by atoms with Crippen LogP contribution < -0.4 is 9.47 Å². The van der Waals surface area contributed by atoms with Gasteiger partial charge in [-0.2, -0.15) is 0 Å². The summed E-state index contributed by atoms with van der Waals surface area (Å²) in [5, 5.41) is 0. The number of hydrogen-bond donors (Lipinski definition) is 0. The second-order valence-corrected chi connectivity index (χ2v) is 7.24. The molecule has 0 bridgehead atoms. The van der Waals surface area contributed by atoms with Crippen molar-refractivity contribution < 1.29 is 14.3 Å². The summed E-state index contributed by atoms with van der Waals surface area (Å²) in [6.07, 6.45) is 0. The van der Waals surface area contributed by atoms with E-state index < -0.39 is 0 Å². The van der Waals surface area contributed by atoms with Crippen molar-refractivity contribution >= 4 is 5.78 Å². The van der Waals surface area contributed by atoms with Gasteiger partial charge in [-0.3, -0.25) is 9.69 Å². The molecule has 134 valence electrons. The Morgan fingerprint density at radius 3 is 2.62 bits per heavy atom. The molecule has 0 aliphatic carbocycles. The topological polar surface area (TPSA) is 38.8 Å². The van der Waals surface area contributed by atoms with Gasteiger partial charge in [0.25, 0.3) is 0 Å². The number of fused-ring (bicyclic) bond motifs is 3. The van der Waals surface area contributed by atoms with E-state index in [2.05, 4.69) is 36.1 Å². The van der Waals surface area contributed by atoms with E-state index in [9.17, 15) is 4.79 Å². The van der Waals surface area contributed by atoms with Crippen molar-refractivity contribution in [2.75, 3.05) is 6.73 Å². The van der Waals surface area contributed by atoms with E-state index in [0.29, 0.717) is 30.3 Å². The van der Waals surface area contributed by atoms with E-state index in [-0.39, 0.29) is 11.8 Å². The molecule has 4 heteroatoms.